The monoisotopic (exact) mass is 214 g/mol. The predicted molar refractivity (Wildman–Crippen MR) is 61.3 cm³/mol. The van der Waals surface area contributed by atoms with E-state index < -0.39 is 0 Å². The molecule has 0 fully saturated rings. The van der Waals surface area contributed by atoms with E-state index in [0.29, 0.717) is 11.3 Å². The van der Waals surface area contributed by atoms with E-state index in [4.69, 9.17) is 9.15 Å². The molecule has 0 atom stereocenters. The zero-order valence-corrected chi connectivity index (χ0v) is 9.03. The zero-order chi connectivity index (χ0) is 11.5. The summed E-state index contributed by atoms with van der Waals surface area (Å²) < 4.78 is 10.2. The fourth-order valence-electron chi connectivity index (χ4n) is 1.47. The van der Waals surface area contributed by atoms with Crippen molar-refractivity contribution >= 4 is 11.0 Å². The second-order valence-corrected chi connectivity index (χ2v) is 3.36. The molecule has 0 spiro atoms. The Kier molecular flexibility index (Phi) is 2.65. The van der Waals surface area contributed by atoms with Gasteiger partial charge in [-0.1, -0.05) is 5.92 Å². The van der Waals surface area contributed by atoms with Crippen molar-refractivity contribution in [3.63, 3.8) is 0 Å². The molecular weight excluding hydrogens is 204 g/mol. The number of hydrogen-bond donors (Lipinski definition) is 0. The molecule has 0 saturated heterocycles. The molecular formula is C13H10O3. The van der Waals surface area contributed by atoms with Gasteiger partial charge in [-0.25, -0.2) is 4.79 Å². The topological polar surface area (TPSA) is 39.4 Å². The SMILES string of the molecule is CC#COc1ccc2oc(=O)cc(C)c2c1. The number of hydrogen-bond acceptors (Lipinski definition) is 3. The maximum Gasteiger partial charge on any atom is 0.336 e. The summed E-state index contributed by atoms with van der Waals surface area (Å²) in [5.74, 6) is 3.28. The van der Waals surface area contributed by atoms with Crippen molar-refractivity contribution in [1.82, 2.24) is 0 Å². The van der Waals surface area contributed by atoms with Gasteiger partial charge in [-0.3, -0.25) is 0 Å². The second kappa shape index (κ2) is 4.11. The van der Waals surface area contributed by atoms with Gasteiger partial charge in [0.2, 0.25) is 0 Å². The van der Waals surface area contributed by atoms with Crippen LogP contribution in [0.5, 0.6) is 5.75 Å². The lowest BCUT2D eigenvalue weighted by molar-refractivity contribution is 0.518. The Balaban J connectivity index is 2.60. The molecule has 0 N–H and O–H groups in total. The molecule has 0 aliphatic rings. The normalized spacial score (nSPS) is 9.62. The van der Waals surface area contributed by atoms with Crippen LogP contribution in [0.2, 0.25) is 0 Å². The minimum Gasteiger partial charge on any atom is -0.423 e. The van der Waals surface area contributed by atoms with Crippen LogP contribution in [0.1, 0.15) is 12.5 Å². The molecule has 2 aromatic rings. The highest BCUT2D eigenvalue weighted by Gasteiger charge is 2.03. The van der Waals surface area contributed by atoms with Gasteiger partial charge in [-0.15, -0.1) is 0 Å². The highest BCUT2D eigenvalue weighted by molar-refractivity contribution is 5.81. The molecule has 16 heavy (non-hydrogen) atoms. The van der Waals surface area contributed by atoms with Crippen LogP contribution in [0, 0.1) is 19.0 Å². The third-order valence-electron chi connectivity index (χ3n) is 2.19. The van der Waals surface area contributed by atoms with E-state index >= 15 is 0 Å². The Morgan fingerprint density at radius 1 is 1.31 bits per heavy atom. The van der Waals surface area contributed by atoms with Crippen molar-refractivity contribution in [3.8, 4) is 17.8 Å². The van der Waals surface area contributed by atoms with E-state index in [1.807, 2.05) is 6.92 Å². The van der Waals surface area contributed by atoms with E-state index in [2.05, 4.69) is 12.0 Å². The summed E-state index contributed by atoms with van der Waals surface area (Å²) in [6.45, 7) is 3.56. The molecule has 0 radical (unpaired) electrons. The summed E-state index contributed by atoms with van der Waals surface area (Å²) in [6.07, 6.45) is 2.52. The first kappa shape index (κ1) is 10.3. The lowest BCUT2D eigenvalue weighted by atomic mass is 10.1. The van der Waals surface area contributed by atoms with Crippen molar-refractivity contribution in [1.29, 1.82) is 0 Å². The molecule has 1 aromatic carbocycles. The summed E-state index contributed by atoms with van der Waals surface area (Å²) in [6, 6.07) is 6.68. The molecule has 2 rings (SSSR count). The number of benzene rings is 1. The Morgan fingerprint density at radius 3 is 2.88 bits per heavy atom. The first-order chi connectivity index (χ1) is 7.70. The number of aryl methyl sites for hydroxylation is 1. The largest absolute Gasteiger partial charge is 0.423 e. The van der Waals surface area contributed by atoms with Gasteiger partial charge < -0.3 is 9.15 Å². The van der Waals surface area contributed by atoms with Gasteiger partial charge in [-0.2, -0.15) is 0 Å². The quantitative estimate of drug-likeness (QED) is 0.540. The number of ether oxygens (including phenoxy) is 1. The van der Waals surface area contributed by atoms with Crippen LogP contribution in [-0.4, -0.2) is 0 Å². The van der Waals surface area contributed by atoms with Gasteiger partial charge in [0.25, 0.3) is 0 Å². The van der Waals surface area contributed by atoms with E-state index in [1.54, 1.807) is 25.1 Å². The molecule has 0 unspecified atom stereocenters. The molecule has 0 aliphatic heterocycles. The fraction of sp³-hybridized carbons (Fsp3) is 0.154. The van der Waals surface area contributed by atoms with Crippen LogP contribution >= 0.6 is 0 Å². The summed E-state index contributed by atoms with van der Waals surface area (Å²) in [5, 5.41) is 0.856. The first-order valence-electron chi connectivity index (χ1n) is 4.84. The van der Waals surface area contributed by atoms with Crippen LogP contribution in [0.3, 0.4) is 0 Å². The Labute approximate surface area is 92.7 Å². The maximum atomic E-state index is 11.1. The Bertz CT molecular complexity index is 642. The van der Waals surface area contributed by atoms with Crippen LogP contribution in [0.15, 0.2) is 33.5 Å². The van der Waals surface area contributed by atoms with Crippen molar-refractivity contribution < 1.29 is 9.15 Å². The van der Waals surface area contributed by atoms with E-state index in [1.165, 1.54) is 6.07 Å². The molecule has 0 amide bonds. The first-order valence-corrected chi connectivity index (χ1v) is 4.84. The Hall–Kier alpha value is -2.21. The lowest BCUT2D eigenvalue weighted by Crippen LogP contribution is -1.97. The van der Waals surface area contributed by atoms with Gasteiger partial charge in [0.1, 0.15) is 17.4 Å². The molecule has 1 aromatic heterocycles. The van der Waals surface area contributed by atoms with E-state index in [0.717, 1.165) is 10.9 Å². The molecule has 0 aliphatic carbocycles. The van der Waals surface area contributed by atoms with E-state index in [-0.39, 0.29) is 5.63 Å². The third kappa shape index (κ3) is 1.91. The van der Waals surface area contributed by atoms with Gasteiger partial charge >= 0.3 is 5.63 Å². The second-order valence-electron chi connectivity index (χ2n) is 3.36. The lowest BCUT2D eigenvalue weighted by Gasteiger charge is -2.02. The highest BCUT2D eigenvalue weighted by atomic mass is 16.5. The third-order valence-corrected chi connectivity index (χ3v) is 2.19. The van der Waals surface area contributed by atoms with E-state index in [9.17, 15) is 4.79 Å². The smallest absolute Gasteiger partial charge is 0.336 e. The molecule has 3 heteroatoms. The van der Waals surface area contributed by atoms with Crippen molar-refractivity contribution in [2.24, 2.45) is 0 Å². The number of rotatable bonds is 1. The van der Waals surface area contributed by atoms with Crippen molar-refractivity contribution in [3.05, 3.63) is 40.2 Å². The zero-order valence-electron chi connectivity index (χ0n) is 9.03. The fourth-order valence-corrected chi connectivity index (χ4v) is 1.47. The Morgan fingerprint density at radius 2 is 2.12 bits per heavy atom. The van der Waals surface area contributed by atoms with Gasteiger partial charge in [0.15, 0.2) is 0 Å². The average Bonchev–Trinajstić information content (AvgIpc) is 2.26. The van der Waals surface area contributed by atoms with Gasteiger partial charge in [0, 0.05) is 18.4 Å². The summed E-state index contributed by atoms with van der Waals surface area (Å²) in [5.41, 5.74) is 1.08. The minimum atomic E-state index is -0.341. The standard InChI is InChI=1S/C13H10O3/c1-3-6-15-10-4-5-12-11(8-10)9(2)7-13(14)16-12/h4-5,7-8H,1-2H3. The van der Waals surface area contributed by atoms with Crippen molar-refractivity contribution in [2.75, 3.05) is 0 Å². The summed E-state index contributed by atoms with van der Waals surface area (Å²) >= 11 is 0. The summed E-state index contributed by atoms with van der Waals surface area (Å²) in [7, 11) is 0. The predicted octanol–water partition coefficient (Wildman–Crippen LogP) is 2.46. The molecule has 3 nitrogen and oxygen atoms in total. The molecule has 80 valence electrons. The molecule has 0 saturated carbocycles. The van der Waals surface area contributed by atoms with Crippen LogP contribution < -0.4 is 10.4 Å². The van der Waals surface area contributed by atoms with Crippen LogP contribution in [-0.2, 0) is 0 Å². The average molecular weight is 214 g/mol. The molecule has 1 heterocycles. The number of fused-ring (bicyclic) bond motifs is 1. The maximum absolute atomic E-state index is 11.1. The summed E-state index contributed by atoms with van der Waals surface area (Å²) in [4.78, 5) is 11.1. The van der Waals surface area contributed by atoms with Gasteiger partial charge in [-0.05, 0) is 30.7 Å². The molecule has 0 bridgehead atoms. The van der Waals surface area contributed by atoms with Crippen molar-refractivity contribution in [2.45, 2.75) is 13.8 Å². The van der Waals surface area contributed by atoms with Crippen LogP contribution in [0.25, 0.3) is 11.0 Å². The minimum absolute atomic E-state index is 0.341. The van der Waals surface area contributed by atoms with Gasteiger partial charge in [0.05, 0.1) is 0 Å². The van der Waals surface area contributed by atoms with Crippen LogP contribution in [0.4, 0.5) is 0 Å². The highest BCUT2D eigenvalue weighted by Crippen LogP contribution is 2.22.